The van der Waals surface area contributed by atoms with Gasteiger partial charge in [0.25, 0.3) is 0 Å². The van der Waals surface area contributed by atoms with E-state index in [2.05, 4.69) is 4.72 Å². The minimum atomic E-state index is -3.81. The summed E-state index contributed by atoms with van der Waals surface area (Å²) in [5, 5.41) is 9.27. The highest BCUT2D eigenvalue weighted by Crippen LogP contribution is 2.23. The van der Waals surface area contributed by atoms with Gasteiger partial charge in [-0.3, -0.25) is 0 Å². The van der Waals surface area contributed by atoms with E-state index in [0.717, 1.165) is 5.56 Å². The molecule has 20 heavy (non-hydrogen) atoms. The Morgan fingerprint density at radius 3 is 2.40 bits per heavy atom. The van der Waals surface area contributed by atoms with E-state index >= 15 is 0 Å². The molecule has 0 amide bonds. The van der Waals surface area contributed by atoms with Crippen LogP contribution in [-0.2, 0) is 15.6 Å². The van der Waals surface area contributed by atoms with Crippen molar-refractivity contribution in [2.24, 2.45) is 0 Å². The Kier molecular flexibility index (Phi) is 3.66. The average molecular weight is 290 g/mol. The molecule has 0 saturated carbocycles. The third kappa shape index (κ3) is 2.74. The zero-order valence-corrected chi connectivity index (χ0v) is 11.9. The fourth-order valence-corrected chi connectivity index (χ4v) is 3.03. The van der Waals surface area contributed by atoms with E-state index in [0.29, 0.717) is 0 Å². The Morgan fingerprint density at radius 2 is 1.90 bits per heavy atom. The van der Waals surface area contributed by atoms with Gasteiger partial charge in [-0.25, -0.2) is 8.42 Å². The number of benzene rings is 1. The summed E-state index contributed by atoms with van der Waals surface area (Å²) in [4.78, 5) is 0.108. The van der Waals surface area contributed by atoms with Crippen LogP contribution < -0.4 is 4.72 Å². The largest absolute Gasteiger partial charge is 0.466 e. The summed E-state index contributed by atoms with van der Waals surface area (Å²) in [7, 11) is -3.81. The highest BCUT2D eigenvalue weighted by Gasteiger charge is 2.35. The molecule has 0 aliphatic carbocycles. The zero-order valence-electron chi connectivity index (χ0n) is 11.1. The standard InChI is InChI=1S/C14H14N2O3S/c1-11-5-7-12(8-6-11)20(17,18)16-14(2,10-15)13-4-3-9-19-13/h3-9,16H,1-2H3. The van der Waals surface area contributed by atoms with Gasteiger partial charge in [0.05, 0.1) is 17.2 Å². The molecule has 0 aliphatic rings. The summed E-state index contributed by atoms with van der Waals surface area (Å²) in [6.07, 6.45) is 1.39. The highest BCUT2D eigenvalue weighted by atomic mass is 32.2. The minimum absolute atomic E-state index is 0.108. The minimum Gasteiger partial charge on any atom is -0.466 e. The summed E-state index contributed by atoms with van der Waals surface area (Å²) < 4.78 is 32.1. The zero-order chi connectivity index (χ0) is 14.8. The number of sulfonamides is 1. The first-order valence-corrected chi connectivity index (χ1v) is 7.41. The highest BCUT2D eigenvalue weighted by molar-refractivity contribution is 7.89. The van der Waals surface area contributed by atoms with Crippen LogP contribution in [0.4, 0.5) is 0 Å². The molecule has 1 aromatic carbocycles. The molecule has 0 fully saturated rings. The average Bonchev–Trinajstić information content (AvgIpc) is 2.93. The molecule has 2 rings (SSSR count). The summed E-state index contributed by atoms with van der Waals surface area (Å²) >= 11 is 0. The van der Waals surface area contributed by atoms with Crippen LogP contribution in [-0.4, -0.2) is 8.42 Å². The third-order valence-electron chi connectivity index (χ3n) is 2.91. The molecule has 1 unspecified atom stereocenters. The van der Waals surface area contributed by atoms with E-state index in [-0.39, 0.29) is 10.7 Å². The molecule has 6 heteroatoms. The Labute approximate surface area is 117 Å². The maximum absolute atomic E-state index is 12.3. The van der Waals surface area contributed by atoms with Crippen molar-refractivity contribution in [3.05, 3.63) is 54.0 Å². The molecule has 1 heterocycles. The predicted molar refractivity (Wildman–Crippen MR) is 73.2 cm³/mol. The van der Waals surface area contributed by atoms with Gasteiger partial charge in [-0.15, -0.1) is 0 Å². The second-order valence-corrected chi connectivity index (χ2v) is 6.32. The Hall–Kier alpha value is -2.10. The summed E-state index contributed by atoms with van der Waals surface area (Å²) in [6, 6.07) is 11.5. The predicted octanol–water partition coefficient (Wildman–Crippen LogP) is 2.31. The van der Waals surface area contributed by atoms with Gasteiger partial charge >= 0.3 is 0 Å². The van der Waals surface area contributed by atoms with E-state index < -0.39 is 15.6 Å². The summed E-state index contributed by atoms with van der Waals surface area (Å²) in [6.45, 7) is 3.32. The van der Waals surface area contributed by atoms with Gasteiger partial charge in [0.2, 0.25) is 10.0 Å². The fraction of sp³-hybridized carbons (Fsp3) is 0.214. The Balaban J connectivity index is 2.37. The number of nitrogens with one attached hydrogen (secondary N) is 1. The van der Waals surface area contributed by atoms with Gasteiger partial charge < -0.3 is 4.42 Å². The second kappa shape index (κ2) is 5.12. The van der Waals surface area contributed by atoms with E-state index in [4.69, 9.17) is 4.42 Å². The maximum Gasteiger partial charge on any atom is 0.242 e. The van der Waals surface area contributed by atoms with E-state index in [1.54, 1.807) is 24.3 Å². The number of nitrogens with zero attached hydrogens (tertiary/aromatic N) is 1. The van der Waals surface area contributed by atoms with Crippen LogP contribution >= 0.6 is 0 Å². The van der Waals surface area contributed by atoms with E-state index in [1.165, 1.54) is 25.3 Å². The molecule has 5 nitrogen and oxygen atoms in total. The van der Waals surface area contributed by atoms with E-state index in [9.17, 15) is 13.7 Å². The van der Waals surface area contributed by atoms with Crippen LogP contribution in [0.5, 0.6) is 0 Å². The van der Waals surface area contributed by atoms with Crippen molar-refractivity contribution in [1.29, 1.82) is 5.26 Å². The molecule has 0 aliphatic heterocycles. The van der Waals surface area contributed by atoms with Crippen molar-refractivity contribution in [2.75, 3.05) is 0 Å². The van der Waals surface area contributed by atoms with Crippen molar-refractivity contribution < 1.29 is 12.8 Å². The Morgan fingerprint density at radius 1 is 1.25 bits per heavy atom. The Bertz CT molecular complexity index is 728. The van der Waals surface area contributed by atoms with Gasteiger partial charge in [0, 0.05) is 0 Å². The van der Waals surface area contributed by atoms with Crippen LogP contribution in [0.2, 0.25) is 0 Å². The van der Waals surface area contributed by atoms with Crippen molar-refractivity contribution in [2.45, 2.75) is 24.3 Å². The molecular formula is C14H14N2O3S. The quantitative estimate of drug-likeness (QED) is 0.936. The maximum atomic E-state index is 12.3. The van der Waals surface area contributed by atoms with Gasteiger partial charge in [-0.1, -0.05) is 17.7 Å². The molecule has 1 N–H and O–H groups in total. The smallest absolute Gasteiger partial charge is 0.242 e. The van der Waals surface area contributed by atoms with Crippen LogP contribution in [0, 0.1) is 18.3 Å². The molecule has 0 radical (unpaired) electrons. The number of hydrogen-bond donors (Lipinski definition) is 1. The lowest BCUT2D eigenvalue weighted by atomic mass is 10.0. The number of rotatable bonds is 4. The van der Waals surface area contributed by atoms with Crippen molar-refractivity contribution >= 4 is 10.0 Å². The lowest BCUT2D eigenvalue weighted by Crippen LogP contribution is -2.42. The fourth-order valence-electron chi connectivity index (χ4n) is 1.74. The second-order valence-electron chi connectivity index (χ2n) is 4.63. The van der Waals surface area contributed by atoms with Crippen LogP contribution in [0.3, 0.4) is 0 Å². The van der Waals surface area contributed by atoms with Crippen molar-refractivity contribution in [3.8, 4) is 6.07 Å². The monoisotopic (exact) mass is 290 g/mol. The molecule has 1 aromatic heterocycles. The molecule has 0 spiro atoms. The van der Waals surface area contributed by atoms with Gasteiger partial charge in [0.15, 0.2) is 5.54 Å². The molecule has 104 valence electrons. The number of nitriles is 1. The first-order valence-electron chi connectivity index (χ1n) is 5.93. The van der Waals surface area contributed by atoms with Gasteiger partial charge in [0.1, 0.15) is 5.76 Å². The van der Waals surface area contributed by atoms with E-state index in [1.807, 2.05) is 13.0 Å². The summed E-state index contributed by atoms with van der Waals surface area (Å²) in [5.74, 6) is 0.246. The van der Waals surface area contributed by atoms with Crippen molar-refractivity contribution in [3.63, 3.8) is 0 Å². The SMILES string of the molecule is Cc1ccc(S(=O)(=O)NC(C)(C#N)c2ccco2)cc1. The lowest BCUT2D eigenvalue weighted by Gasteiger charge is -2.20. The normalized spacial score (nSPS) is 14.4. The van der Waals surface area contributed by atoms with Crippen LogP contribution in [0.1, 0.15) is 18.2 Å². The lowest BCUT2D eigenvalue weighted by molar-refractivity contribution is 0.404. The molecular weight excluding hydrogens is 276 g/mol. The summed E-state index contributed by atoms with van der Waals surface area (Å²) in [5.41, 5.74) is -0.495. The van der Waals surface area contributed by atoms with Gasteiger partial charge in [-0.05, 0) is 38.1 Å². The van der Waals surface area contributed by atoms with Crippen LogP contribution in [0.25, 0.3) is 0 Å². The molecule has 0 saturated heterocycles. The molecule has 1 atom stereocenters. The topological polar surface area (TPSA) is 83.1 Å². The number of furan rings is 1. The molecule has 2 aromatic rings. The third-order valence-corrected chi connectivity index (χ3v) is 4.48. The number of hydrogen-bond acceptors (Lipinski definition) is 4. The van der Waals surface area contributed by atoms with Crippen molar-refractivity contribution in [1.82, 2.24) is 4.72 Å². The number of aryl methyl sites for hydroxylation is 1. The molecule has 0 bridgehead atoms. The van der Waals surface area contributed by atoms with Gasteiger partial charge in [-0.2, -0.15) is 9.98 Å². The first kappa shape index (κ1) is 14.3. The first-order chi connectivity index (χ1) is 9.37. The van der Waals surface area contributed by atoms with Crippen LogP contribution in [0.15, 0.2) is 52.0 Å².